The number of nitrogens with zero attached hydrogens (tertiary/aromatic N) is 1. The van der Waals surface area contributed by atoms with Gasteiger partial charge in [-0.2, -0.15) is 0 Å². The third-order valence-electron chi connectivity index (χ3n) is 13.3. The molecule has 3 unspecified atom stereocenters. The third kappa shape index (κ3) is 58.8. The van der Waals surface area contributed by atoms with E-state index in [9.17, 15) is 19.0 Å². The van der Waals surface area contributed by atoms with E-state index in [1.54, 1.807) is 0 Å². The summed E-state index contributed by atoms with van der Waals surface area (Å²) in [7, 11) is 1.12. The molecular weight excluding hydrogens is 1010 g/mol. The molecule has 1 amide bonds. The highest BCUT2D eigenvalue weighted by molar-refractivity contribution is 7.45. The first-order chi connectivity index (χ1) is 38.9. The maximum atomic E-state index is 13.5. The van der Waals surface area contributed by atoms with Crippen molar-refractivity contribution >= 4 is 19.7 Å². The highest BCUT2D eigenvalue weighted by atomic mass is 31.2. The average molecular weight is 1130 g/mol. The minimum Gasteiger partial charge on any atom is -0.756 e. The van der Waals surface area contributed by atoms with Crippen LogP contribution in [0.3, 0.4) is 0 Å². The van der Waals surface area contributed by atoms with Gasteiger partial charge in [0.1, 0.15) is 19.3 Å². The molecule has 0 saturated carbocycles. The Balaban J connectivity index is 5.29. The van der Waals surface area contributed by atoms with Gasteiger partial charge < -0.3 is 28.5 Å². The number of hydrogen-bond acceptors (Lipinski definition) is 7. The van der Waals surface area contributed by atoms with Crippen LogP contribution in [0.4, 0.5) is 0 Å². The second kappa shape index (κ2) is 58.4. The topological polar surface area (TPSA) is 114 Å². The van der Waals surface area contributed by atoms with Gasteiger partial charge in [0.05, 0.1) is 33.8 Å². The van der Waals surface area contributed by atoms with E-state index in [1.807, 2.05) is 45.4 Å². The molecular formula is C70H119N2O7P. The average Bonchev–Trinajstić information content (AvgIpc) is 3.42. The number of carbonyl (C=O) groups is 2. The van der Waals surface area contributed by atoms with Crippen LogP contribution in [0.25, 0.3) is 0 Å². The Labute approximate surface area is 492 Å². The van der Waals surface area contributed by atoms with E-state index in [4.69, 9.17) is 13.8 Å². The smallest absolute Gasteiger partial charge is 0.306 e. The van der Waals surface area contributed by atoms with E-state index in [0.717, 1.165) is 109 Å². The predicted molar refractivity (Wildman–Crippen MR) is 343 cm³/mol. The summed E-state index contributed by atoms with van der Waals surface area (Å²) in [5.41, 5.74) is 0. The van der Waals surface area contributed by atoms with Gasteiger partial charge in [0.25, 0.3) is 7.82 Å². The summed E-state index contributed by atoms with van der Waals surface area (Å²) >= 11 is 0. The summed E-state index contributed by atoms with van der Waals surface area (Å²) < 4.78 is 30.3. The fourth-order valence-electron chi connectivity index (χ4n) is 8.48. The fraction of sp³-hybridized carbons (Fsp3) is 0.657. The standard InChI is InChI=1S/C70H119N2O7P/c1-7-10-13-16-19-22-25-28-30-32-33-34-35-36-37-38-39-40-42-45-48-51-54-57-60-63-70(74)79-68(61-58-55-52-49-46-43-27-24-21-18-15-12-9-3)67(66-78-80(75,76)77-65-64-72(4,5)6)71-69(73)62-59-56-53-50-47-44-41-31-29-26-23-20-17-14-11-8-2/h10-11,13-14,19-20,22-23,28-31,33-34,36-37,44,47,53,56,58,61,67-68H,7-9,12,15-18,21,24-27,32,35,38-43,45-46,48-52,54-55,57,59-60,62-66H2,1-6H3,(H-,71,73,75,76)/b13-10-,14-11+,22-19-,23-20+,30-28-,31-29+,34-33-,37-36-,47-44+,56-53+,61-58-. The Morgan fingerprint density at radius 1 is 0.450 bits per heavy atom. The van der Waals surface area contributed by atoms with Gasteiger partial charge in [0, 0.05) is 12.8 Å². The van der Waals surface area contributed by atoms with Gasteiger partial charge in [-0.15, -0.1) is 0 Å². The molecule has 80 heavy (non-hydrogen) atoms. The second-order valence-electron chi connectivity index (χ2n) is 22.1. The Kier molecular flexibility index (Phi) is 55.5. The molecule has 0 aliphatic heterocycles. The highest BCUT2D eigenvalue weighted by Gasteiger charge is 2.27. The number of rotatable bonds is 56. The van der Waals surface area contributed by atoms with Crippen LogP contribution in [-0.4, -0.2) is 69.4 Å². The van der Waals surface area contributed by atoms with Crippen LogP contribution in [0.15, 0.2) is 134 Å². The van der Waals surface area contributed by atoms with E-state index in [-0.39, 0.29) is 31.3 Å². The van der Waals surface area contributed by atoms with E-state index in [0.29, 0.717) is 23.9 Å². The molecule has 0 aliphatic rings. The maximum absolute atomic E-state index is 13.5. The first-order valence-corrected chi connectivity index (χ1v) is 33.5. The number of phosphoric ester groups is 1. The third-order valence-corrected chi connectivity index (χ3v) is 14.3. The number of esters is 1. The molecule has 0 aromatic carbocycles. The molecule has 9 nitrogen and oxygen atoms in total. The van der Waals surface area contributed by atoms with Crippen LogP contribution in [0.5, 0.6) is 0 Å². The molecule has 456 valence electrons. The molecule has 10 heteroatoms. The molecule has 1 N–H and O–H groups in total. The normalized spacial score (nSPS) is 14.5. The van der Waals surface area contributed by atoms with Crippen molar-refractivity contribution in [3.8, 4) is 0 Å². The first-order valence-electron chi connectivity index (χ1n) is 32.0. The van der Waals surface area contributed by atoms with E-state index < -0.39 is 26.6 Å². The summed E-state index contributed by atoms with van der Waals surface area (Å²) in [6.07, 6.45) is 83.0. The second-order valence-corrected chi connectivity index (χ2v) is 23.6. The molecule has 3 atom stereocenters. The highest BCUT2D eigenvalue weighted by Crippen LogP contribution is 2.38. The largest absolute Gasteiger partial charge is 0.756 e. The van der Waals surface area contributed by atoms with Crippen LogP contribution in [-0.2, 0) is 27.9 Å². The molecule has 0 heterocycles. The van der Waals surface area contributed by atoms with E-state index >= 15 is 0 Å². The lowest BCUT2D eigenvalue weighted by atomic mass is 10.0. The van der Waals surface area contributed by atoms with Gasteiger partial charge in [-0.1, -0.05) is 258 Å². The zero-order valence-corrected chi connectivity index (χ0v) is 52.9. The van der Waals surface area contributed by atoms with Gasteiger partial charge in [-0.05, 0) is 109 Å². The quantitative estimate of drug-likeness (QED) is 0.0212. The van der Waals surface area contributed by atoms with Crippen molar-refractivity contribution in [2.24, 2.45) is 0 Å². The maximum Gasteiger partial charge on any atom is 0.306 e. The number of unbranched alkanes of at least 4 members (excludes halogenated alkanes) is 20. The lowest BCUT2D eigenvalue weighted by molar-refractivity contribution is -0.870. The Morgan fingerprint density at radius 3 is 1.23 bits per heavy atom. The van der Waals surface area contributed by atoms with Crippen molar-refractivity contribution in [3.63, 3.8) is 0 Å². The SMILES string of the molecule is CC/C=C\C/C=C\C/C=C\C/C=C\C/C=C\CCCCCCCCCCCC(=O)OC(/C=C\CCCCCCCCCCCCC)C(COP(=O)([O-])OCC[N+](C)(C)C)NC(=O)CC/C=C/C/C=C/C/C=C/C/C=C/C/C=C/CC. The lowest BCUT2D eigenvalue weighted by Crippen LogP contribution is -2.47. The van der Waals surface area contributed by atoms with Gasteiger partial charge in [-0.25, -0.2) is 0 Å². The first kappa shape index (κ1) is 76.1. The van der Waals surface area contributed by atoms with Crippen molar-refractivity contribution in [3.05, 3.63) is 134 Å². The number of nitrogens with one attached hydrogen (secondary N) is 1. The van der Waals surface area contributed by atoms with Crippen molar-refractivity contribution in [1.82, 2.24) is 5.32 Å². The molecule has 0 spiro atoms. The predicted octanol–water partition coefficient (Wildman–Crippen LogP) is 19.4. The monoisotopic (exact) mass is 1130 g/mol. The fourth-order valence-corrected chi connectivity index (χ4v) is 9.20. The number of ether oxygens (including phenoxy) is 1. The zero-order chi connectivity index (χ0) is 58.6. The molecule has 0 rings (SSSR count). The van der Waals surface area contributed by atoms with Gasteiger partial charge >= 0.3 is 5.97 Å². The number of likely N-dealkylation sites (N-methyl/N-ethyl adjacent to an activating group) is 1. The number of allylic oxidation sites excluding steroid dienone is 21. The van der Waals surface area contributed by atoms with E-state index in [2.05, 4.69) is 135 Å². The molecule has 0 saturated heterocycles. The Hall–Kier alpha value is -3.85. The van der Waals surface area contributed by atoms with Crippen molar-refractivity contribution < 1.29 is 37.3 Å². The van der Waals surface area contributed by atoms with Crippen LogP contribution in [0, 0.1) is 0 Å². The number of phosphoric acid groups is 1. The minimum absolute atomic E-state index is 0.0434. The van der Waals surface area contributed by atoms with Crippen LogP contribution in [0.2, 0.25) is 0 Å². The summed E-state index contributed by atoms with van der Waals surface area (Å²) in [6.45, 7) is 6.54. The molecule has 0 radical (unpaired) electrons. The molecule has 0 bridgehead atoms. The Bertz CT molecular complexity index is 1830. The van der Waals surface area contributed by atoms with Gasteiger partial charge in [0.2, 0.25) is 5.91 Å². The van der Waals surface area contributed by atoms with Gasteiger partial charge in [-0.3, -0.25) is 14.2 Å². The summed E-state index contributed by atoms with van der Waals surface area (Å²) in [6, 6.07) is -0.940. The number of amides is 1. The molecule has 0 aromatic rings. The van der Waals surface area contributed by atoms with Crippen molar-refractivity contribution in [2.75, 3.05) is 40.9 Å². The minimum atomic E-state index is -4.73. The summed E-state index contributed by atoms with van der Waals surface area (Å²) in [4.78, 5) is 40.0. The van der Waals surface area contributed by atoms with Crippen LogP contribution >= 0.6 is 7.82 Å². The van der Waals surface area contributed by atoms with E-state index in [1.165, 1.54) is 89.9 Å². The lowest BCUT2D eigenvalue weighted by Gasteiger charge is -2.30. The van der Waals surface area contributed by atoms with Crippen molar-refractivity contribution in [2.45, 2.75) is 258 Å². The summed E-state index contributed by atoms with van der Waals surface area (Å²) in [5, 5.41) is 2.98. The molecule has 0 aromatic heterocycles. The molecule has 0 fully saturated rings. The van der Waals surface area contributed by atoms with Crippen molar-refractivity contribution in [1.29, 1.82) is 0 Å². The number of quaternary nitrogens is 1. The zero-order valence-electron chi connectivity index (χ0n) is 52.0. The van der Waals surface area contributed by atoms with Gasteiger partial charge in [0.15, 0.2) is 0 Å². The number of hydrogen-bond donors (Lipinski definition) is 1. The Morgan fingerprint density at radius 2 is 0.812 bits per heavy atom. The molecule has 0 aliphatic carbocycles. The summed E-state index contributed by atoms with van der Waals surface area (Å²) in [5.74, 6) is -0.652. The van der Waals surface area contributed by atoms with Crippen LogP contribution < -0.4 is 10.2 Å². The van der Waals surface area contributed by atoms with Crippen LogP contribution in [0.1, 0.15) is 245 Å². The number of carbonyl (C=O) groups excluding carboxylic acids is 2.